The summed E-state index contributed by atoms with van der Waals surface area (Å²) in [6.45, 7) is 7.01. The lowest BCUT2D eigenvalue weighted by Gasteiger charge is -2.08. The number of rotatable bonds is 11. The second-order valence-electron chi connectivity index (χ2n) is 14.2. The molecule has 5 N–H and O–H groups in total. The number of carbonyl (C=O) groups excluding carboxylic acids is 4. The van der Waals surface area contributed by atoms with Gasteiger partial charge in [0, 0.05) is 35.6 Å². The summed E-state index contributed by atoms with van der Waals surface area (Å²) in [6, 6.07) is 20.8. The number of nitrogens with zero attached hydrogens (tertiary/aromatic N) is 4. The van der Waals surface area contributed by atoms with E-state index in [-0.39, 0.29) is 68.0 Å². The van der Waals surface area contributed by atoms with Crippen LogP contribution in [0.25, 0.3) is 45.1 Å². The number of furan rings is 2. The molecule has 0 fully saturated rings. The Labute approximate surface area is 417 Å². The molecule has 6 aromatic heterocycles. The SMILES string of the molecule is C.CC(C)OC(=O)Cl.CC(C)OC(=O)Nc1cnc2nc(-c3cc(CC(=O)c4ccco4)ccc3Cl)[nH]c2c1.Nc1cnc2nc(-c3cc(CC(=O)c4ccco4)ccc3Cl)[nH]c2c1.[2H]CF.[I-]. The van der Waals surface area contributed by atoms with Crippen molar-refractivity contribution in [3.8, 4) is 22.8 Å². The molecule has 21 heteroatoms. The number of hydrogen-bond donors (Lipinski definition) is 4. The average Bonchev–Trinajstić information content (AvgIpc) is 4.10. The number of Topliss-reactive ketones (excluding diaryl/α,β-unsaturated/α-hetero) is 2. The molecule has 0 bridgehead atoms. The number of ether oxygens (including phenoxy) is 2. The maximum Gasteiger partial charge on any atom is 0.411 e. The summed E-state index contributed by atoms with van der Waals surface area (Å²) in [5, 5.41) is 3.63. The zero-order chi connectivity index (χ0) is 47.9. The first kappa shape index (κ1) is 53.3. The number of H-pyrrole nitrogens is 2. The molecule has 0 atom stereocenters. The number of carbonyl (C=O) groups is 4. The van der Waals surface area contributed by atoms with Gasteiger partial charge in [-0.1, -0.05) is 42.8 Å². The highest BCUT2D eigenvalue weighted by Crippen LogP contribution is 2.31. The molecule has 16 nitrogen and oxygen atoms in total. The van der Waals surface area contributed by atoms with Gasteiger partial charge < -0.3 is 58.0 Å². The van der Waals surface area contributed by atoms with Crippen molar-refractivity contribution in [1.29, 1.82) is 0 Å². The Bertz CT molecular complexity index is 2920. The van der Waals surface area contributed by atoms with Gasteiger partial charge >= 0.3 is 11.5 Å². The predicted octanol–water partition coefficient (Wildman–Crippen LogP) is 9.13. The average molecular weight is 1090 g/mol. The van der Waals surface area contributed by atoms with Crippen molar-refractivity contribution in [1.82, 2.24) is 29.9 Å². The second kappa shape index (κ2) is 26.1. The highest BCUT2D eigenvalue weighted by atomic mass is 127. The smallest absolute Gasteiger partial charge is 0.411 e. The van der Waals surface area contributed by atoms with E-state index in [0.717, 1.165) is 16.6 Å². The number of aromatic amines is 2. The van der Waals surface area contributed by atoms with Crippen LogP contribution in [0.5, 0.6) is 0 Å². The van der Waals surface area contributed by atoms with E-state index in [1.54, 1.807) is 94.6 Å². The van der Waals surface area contributed by atoms with E-state index in [1.165, 1.54) is 18.7 Å². The van der Waals surface area contributed by atoms with Crippen LogP contribution >= 0.6 is 34.8 Å². The van der Waals surface area contributed by atoms with Crippen molar-refractivity contribution in [2.24, 2.45) is 0 Å². The molecule has 0 unspecified atom stereocenters. The fourth-order valence-electron chi connectivity index (χ4n) is 5.83. The molecule has 0 saturated carbocycles. The molecule has 0 saturated heterocycles. The zero-order valence-electron chi connectivity index (χ0n) is 36.5. The molecule has 0 spiro atoms. The molecular weight excluding hydrogens is 1040 g/mol. The number of pyridine rings is 2. The highest BCUT2D eigenvalue weighted by Gasteiger charge is 2.17. The Hall–Kier alpha value is -6.35. The van der Waals surface area contributed by atoms with Crippen molar-refractivity contribution in [2.45, 2.75) is 60.2 Å². The van der Waals surface area contributed by atoms with Gasteiger partial charge in [-0.25, -0.2) is 29.5 Å². The summed E-state index contributed by atoms with van der Waals surface area (Å²) in [5.41, 5.74) is 11.3. The molecule has 0 radical (unpaired) electrons. The van der Waals surface area contributed by atoms with E-state index in [2.05, 4.69) is 40.0 Å². The number of nitrogens with two attached hydrogens (primary N) is 1. The van der Waals surface area contributed by atoms with E-state index in [4.69, 9.17) is 55.5 Å². The Balaban J connectivity index is 0.000000297. The van der Waals surface area contributed by atoms with Crippen molar-refractivity contribution in [3.63, 3.8) is 0 Å². The lowest BCUT2D eigenvalue weighted by atomic mass is 10.0. The number of amides is 1. The van der Waals surface area contributed by atoms with E-state index in [0.29, 0.717) is 72.5 Å². The molecule has 0 aliphatic heterocycles. The first-order chi connectivity index (χ1) is 31.5. The Morgan fingerprint density at radius 2 is 1.22 bits per heavy atom. The number of aromatic nitrogens is 6. The summed E-state index contributed by atoms with van der Waals surface area (Å²) < 4.78 is 35.3. The monoisotopic (exact) mass is 1090 g/mol. The molecule has 1 amide bonds. The summed E-state index contributed by atoms with van der Waals surface area (Å²) in [6.07, 6.45) is 5.47. The third-order valence-electron chi connectivity index (χ3n) is 8.51. The van der Waals surface area contributed by atoms with Gasteiger partial charge in [0.15, 0.2) is 22.8 Å². The van der Waals surface area contributed by atoms with Crippen LogP contribution in [0.1, 0.15) is 68.7 Å². The molecule has 354 valence electrons. The predicted molar refractivity (Wildman–Crippen MR) is 253 cm³/mol. The number of imidazole rings is 2. The Morgan fingerprint density at radius 3 is 1.64 bits per heavy atom. The van der Waals surface area contributed by atoms with Crippen molar-refractivity contribution in [2.75, 3.05) is 18.2 Å². The van der Waals surface area contributed by atoms with Gasteiger partial charge in [0.1, 0.15) is 11.6 Å². The van der Waals surface area contributed by atoms with E-state index in [9.17, 15) is 23.6 Å². The molecule has 67 heavy (non-hydrogen) atoms. The van der Waals surface area contributed by atoms with E-state index >= 15 is 0 Å². The van der Waals surface area contributed by atoms with Gasteiger partial charge in [-0.3, -0.25) is 19.3 Å². The zero-order valence-corrected chi connectivity index (χ0v) is 40.0. The molecular formula is C46H46Cl3FIN8O8-. The maximum absolute atomic E-state index is 12.3. The van der Waals surface area contributed by atoms with Crippen LogP contribution in [-0.4, -0.2) is 72.4 Å². The normalized spacial score (nSPS) is 10.5. The van der Waals surface area contributed by atoms with E-state index < -0.39 is 18.7 Å². The third-order valence-corrected chi connectivity index (χ3v) is 9.25. The maximum atomic E-state index is 12.3. The Morgan fingerprint density at radius 1 is 0.761 bits per heavy atom. The summed E-state index contributed by atoms with van der Waals surface area (Å²) in [7, 11) is -1.00. The quantitative estimate of drug-likeness (QED) is 0.0538. The first-order valence-electron chi connectivity index (χ1n) is 20.1. The standard InChI is InChI=1S/C22H19ClN4O4.C18H13ClN4O2.C4H7ClO2.CH3F.CH4.HI/c1-12(2)31-22(29)25-14-10-17-21(24-11-14)27-20(26-17)15-8-13(5-6-16(15)23)9-18(28)19-4-3-7-30-19;19-13-4-3-10(7-15(24)16-2-1-5-25-16)6-12(13)17-22-14-8-11(20)9-21-18(14)23-17;1-3(2)7-4(5)6;1-2;;/h3-8,10-12H,9H2,1-2H3,(H,25,29)(H,24,26,27);1-6,8-9H,7,20H2,(H,21,22,23);3H,1-2H3;1H3;1H4;1H/p-1/i;;;1D;;. The number of hydrogen-bond acceptors (Lipinski definition) is 13. The molecule has 0 aliphatic rings. The summed E-state index contributed by atoms with van der Waals surface area (Å²) in [5.74, 6) is 1.48. The van der Waals surface area contributed by atoms with Gasteiger partial charge in [-0.2, -0.15) is 0 Å². The lowest BCUT2D eigenvalue weighted by Crippen LogP contribution is -3.00. The fraction of sp³-hybridized carbons (Fsp3) is 0.217. The minimum absolute atomic E-state index is 0. The lowest BCUT2D eigenvalue weighted by molar-refractivity contribution is -0.0000440. The minimum Gasteiger partial charge on any atom is -1.00 e. The number of fused-ring (bicyclic) bond motifs is 2. The van der Waals surface area contributed by atoms with Crippen molar-refractivity contribution < 1.29 is 67.2 Å². The van der Waals surface area contributed by atoms with Crippen LogP contribution in [0.4, 0.5) is 25.4 Å². The molecule has 6 heterocycles. The van der Waals surface area contributed by atoms with Crippen LogP contribution < -0.4 is 35.0 Å². The number of nitrogen functional groups attached to an aromatic ring is 1. The molecule has 8 aromatic rings. The van der Waals surface area contributed by atoms with Gasteiger partial charge in [0.2, 0.25) is 11.6 Å². The van der Waals surface area contributed by atoms with Gasteiger partial charge in [0.05, 0.1) is 78.1 Å². The van der Waals surface area contributed by atoms with Crippen LogP contribution in [0, 0.1) is 0 Å². The topological polar surface area (TPSA) is 234 Å². The number of benzene rings is 2. The number of ketones is 2. The summed E-state index contributed by atoms with van der Waals surface area (Å²) >= 11 is 17.5. The third kappa shape index (κ3) is 15.9. The second-order valence-corrected chi connectivity index (χ2v) is 15.3. The Kier molecular flexibility index (Phi) is 20.8. The van der Waals surface area contributed by atoms with Crippen LogP contribution in [-0.2, 0) is 22.3 Å². The van der Waals surface area contributed by atoms with Crippen LogP contribution in [0.3, 0.4) is 0 Å². The largest absolute Gasteiger partial charge is 1.00 e. The minimum atomic E-state index is -1.00. The highest BCUT2D eigenvalue weighted by molar-refractivity contribution is 6.61. The number of halogens is 5. The molecule has 8 rings (SSSR count). The van der Waals surface area contributed by atoms with Crippen molar-refractivity contribution >= 4 is 91.6 Å². The number of alkyl halides is 1. The number of nitrogens with one attached hydrogen (secondary N) is 3. The van der Waals surface area contributed by atoms with Crippen LogP contribution in [0.2, 0.25) is 10.0 Å². The van der Waals surface area contributed by atoms with Gasteiger partial charge in [-0.05, 0) is 99.5 Å². The van der Waals surface area contributed by atoms with Gasteiger partial charge in [-0.15, -0.1) is 0 Å². The number of anilines is 2. The van der Waals surface area contributed by atoms with Crippen molar-refractivity contribution in [3.05, 3.63) is 130 Å². The molecule has 2 aromatic carbocycles. The molecule has 0 aliphatic carbocycles. The fourth-order valence-corrected chi connectivity index (χ4v) is 6.43. The van der Waals surface area contributed by atoms with E-state index in [1.807, 2.05) is 12.1 Å². The van der Waals surface area contributed by atoms with Crippen LogP contribution in [0.15, 0.2) is 107 Å². The summed E-state index contributed by atoms with van der Waals surface area (Å²) in [4.78, 5) is 69.9. The first-order valence-corrected chi connectivity index (χ1v) is 20.5. The van der Waals surface area contributed by atoms with Gasteiger partial charge in [0.25, 0.3) is 0 Å².